The van der Waals surface area contributed by atoms with Crippen LogP contribution in [0.25, 0.3) is 0 Å². The number of hydrogen-bond acceptors (Lipinski definition) is 5. The Morgan fingerprint density at radius 1 is 0.848 bits per heavy atom. The minimum absolute atomic E-state index is 0.0611. The third-order valence-corrected chi connectivity index (χ3v) is 7.64. The maximum absolute atomic E-state index is 13.0. The van der Waals surface area contributed by atoms with Crippen LogP contribution in [0.4, 0.5) is 0 Å². The zero-order valence-corrected chi connectivity index (χ0v) is 19.1. The Hall–Kier alpha value is -3.32. The van der Waals surface area contributed by atoms with Crippen molar-refractivity contribution in [1.82, 2.24) is 9.88 Å². The van der Waals surface area contributed by atoms with Gasteiger partial charge in [-0.2, -0.15) is 0 Å². The topological polar surface area (TPSA) is 84.4 Å². The first kappa shape index (κ1) is 22.9. The molecular weight excluding hydrogens is 436 g/mol. The second-order valence-electron chi connectivity index (χ2n) is 8.25. The number of carbonyl (C=O) groups is 2. The minimum Gasteiger partial charge on any atom is -0.339 e. The highest BCUT2D eigenvalue weighted by Crippen LogP contribution is 2.23. The molecule has 1 fully saturated rings. The summed E-state index contributed by atoms with van der Waals surface area (Å²) in [5, 5.41) is 0. The summed E-state index contributed by atoms with van der Waals surface area (Å²) in [5.74, 6) is 0.0294. The number of rotatable bonds is 8. The van der Waals surface area contributed by atoms with E-state index in [-0.39, 0.29) is 27.9 Å². The summed E-state index contributed by atoms with van der Waals surface area (Å²) in [6.07, 6.45) is 6.76. The largest absolute Gasteiger partial charge is 0.339 e. The van der Waals surface area contributed by atoms with E-state index in [2.05, 4.69) is 4.98 Å². The average molecular weight is 463 g/mol. The molecule has 0 unspecified atom stereocenters. The van der Waals surface area contributed by atoms with Crippen molar-refractivity contribution < 1.29 is 18.0 Å². The Morgan fingerprint density at radius 3 is 2.09 bits per heavy atom. The van der Waals surface area contributed by atoms with E-state index in [1.54, 1.807) is 41.6 Å². The molecule has 1 aliphatic rings. The first-order valence-electron chi connectivity index (χ1n) is 11.1. The Bertz CT molecular complexity index is 1220. The van der Waals surface area contributed by atoms with Gasteiger partial charge in [-0.1, -0.05) is 18.2 Å². The van der Waals surface area contributed by atoms with Crippen LogP contribution in [0.5, 0.6) is 0 Å². The number of nitrogens with zero attached hydrogens (tertiary/aromatic N) is 2. The van der Waals surface area contributed by atoms with Crippen LogP contribution in [0, 0.1) is 0 Å². The average Bonchev–Trinajstić information content (AvgIpc) is 3.38. The smallest absolute Gasteiger partial charge is 0.253 e. The molecule has 33 heavy (non-hydrogen) atoms. The van der Waals surface area contributed by atoms with E-state index in [4.69, 9.17) is 0 Å². The second kappa shape index (κ2) is 10.1. The van der Waals surface area contributed by atoms with Gasteiger partial charge in [0.15, 0.2) is 0 Å². The van der Waals surface area contributed by atoms with Crippen LogP contribution in [0.2, 0.25) is 0 Å². The summed E-state index contributed by atoms with van der Waals surface area (Å²) in [6.45, 7) is 1.49. The Labute approximate surface area is 194 Å². The van der Waals surface area contributed by atoms with E-state index in [0.29, 0.717) is 18.4 Å². The molecule has 0 radical (unpaired) electrons. The van der Waals surface area contributed by atoms with Crippen molar-refractivity contribution in [2.45, 2.75) is 41.9 Å². The van der Waals surface area contributed by atoms with E-state index in [9.17, 15) is 18.0 Å². The van der Waals surface area contributed by atoms with E-state index in [1.165, 1.54) is 24.3 Å². The zero-order valence-electron chi connectivity index (χ0n) is 18.3. The molecule has 2 heterocycles. The number of aryl methyl sites for hydroxylation is 1. The van der Waals surface area contributed by atoms with Gasteiger partial charge in [0.1, 0.15) is 5.78 Å². The fraction of sp³-hybridized carbons (Fsp3) is 0.269. The first-order chi connectivity index (χ1) is 15.9. The summed E-state index contributed by atoms with van der Waals surface area (Å²) < 4.78 is 26.0. The molecule has 0 aliphatic carbocycles. The van der Waals surface area contributed by atoms with Crippen molar-refractivity contribution in [3.8, 4) is 0 Å². The van der Waals surface area contributed by atoms with Gasteiger partial charge in [-0.15, -0.1) is 0 Å². The van der Waals surface area contributed by atoms with Crippen LogP contribution in [-0.2, 0) is 27.5 Å². The number of Topliss-reactive ketones (excluding diaryl/α,β-unsaturated/α-hetero) is 1. The highest BCUT2D eigenvalue weighted by molar-refractivity contribution is 7.91. The number of carbonyl (C=O) groups excluding carboxylic acids is 2. The lowest BCUT2D eigenvalue weighted by Crippen LogP contribution is -2.27. The molecule has 0 atom stereocenters. The maximum atomic E-state index is 13.0. The number of amides is 1. The molecule has 0 N–H and O–H groups in total. The lowest BCUT2D eigenvalue weighted by atomic mass is 10.0. The normalized spacial score (nSPS) is 13.8. The van der Waals surface area contributed by atoms with Crippen molar-refractivity contribution in [2.24, 2.45) is 0 Å². The van der Waals surface area contributed by atoms with Crippen LogP contribution in [-0.4, -0.2) is 43.1 Å². The Balaban J connectivity index is 1.39. The van der Waals surface area contributed by atoms with Crippen molar-refractivity contribution in [3.05, 3.63) is 89.7 Å². The van der Waals surface area contributed by atoms with Crippen LogP contribution in [0.15, 0.2) is 82.8 Å². The number of likely N-dealkylation sites (tertiary alicyclic amines) is 1. The zero-order chi connectivity index (χ0) is 23.3. The lowest BCUT2D eigenvalue weighted by molar-refractivity contribution is -0.118. The maximum Gasteiger partial charge on any atom is 0.253 e. The molecule has 7 heteroatoms. The molecular formula is C26H26N2O4S. The number of sulfone groups is 1. The minimum atomic E-state index is -3.71. The van der Waals surface area contributed by atoms with Gasteiger partial charge in [0.25, 0.3) is 5.91 Å². The first-order valence-corrected chi connectivity index (χ1v) is 12.6. The molecule has 1 aromatic heterocycles. The molecule has 0 bridgehead atoms. The van der Waals surface area contributed by atoms with Crippen molar-refractivity contribution >= 4 is 21.5 Å². The van der Waals surface area contributed by atoms with Crippen molar-refractivity contribution in [1.29, 1.82) is 0 Å². The van der Waals surface area contributed by atoms with Gasteiger partial charge in [-0.3, -0.25) is 14.6 Å². The number of hydrogen-bond donors (Lipinski definition) is 0. The third kappa shape index (κ3) is 5.54. The molecule has 1 saturated heterocycles. The molecule has 170 valence electrons. The van der Waals surface area contributed by atoms with Crippen molar-refractivity contribution in [3.63, 3.8) is 0 Å². The van der Waals surface area contributed by atoms with Gasteiger partial charge in [0, 0.05) is 43.9 Å². The van der Waals surface area contributed by atoms with Gasteiger partial charge < -0.3 is 4.90 Å². The fourth-order valence-corrected chi connectivity index (χ4v) is 5.21. The summed E-state index contributed by atoms with van der Waals surface area (Å²) in [7, 11) is -3.71. The molecule has 0 saturated carbocycles. The van der Waals surface area contributed by atoms with Gasteiger partial charge in [0.05, 0.1) is 9.79 Å². The van der Waals surface area contributed by atoms with E-state index >= 15 is 0 Å². The third-order valence-electron chi connectivity index (χ3n) is 5.86. The van der Waals surface area contributed by atoms with E-state index in [1.807, 2.05) is 12.1 Å². The van der Waals surface area contributed by atoms with Gasteiger partial charge >= 0.3 is 0 Å². The predicted molar refractivity (Wildman–Crippen MR) is 125 cm³/mol. The summed E-state index contributed by atoms with van der Waals surface area (Å²) in [6, 6.07) is 16.3. The lowest BCUT2D eigenvalue weighted by Gasteiger charge is -2.15. The van der Waals surface area contributed by atoms with E-state index in [0.717, 1.165) is 37.1 Å². The van der Waals surface area contributed by atoms with Crippen LogP contribution in [0.1, 0.15) is 40.7 Å². The molecule has 2 aromatic carbocycles. The van der Waals surface area contributed by atoms with Gasteiger partial charge in [-0.05, 0) is 72.9 Å². The molecule has 3 aromatic rings. The fourth-order valence-electron chi connectivity index (χ4n) is 3.95. The predicted octanol–water partition coefficient (Wildman–Crippen LogP) is 3.89. The summed E-state index contributed by atoms with van der Waals surface area (Å²) in [5.41, 5.74) is 2.29. The highest BCUT2D eigenvalue weighted by atomic mass is 32.2. The molecule has 1 amide bonds. The monoisotopic (exact) mass is 462 g/mol. The molecule has 4 rings (SSSR count). The number of ketones is 1. The Kier molecular flexibility index (Phi) is 6.99. The van der Waals surface area contributed by atoms with Crippen LogP contribution >= 0.6 is 0 Å². The summed E-state index contributed by atoms with van der Waals surface area (Å²) in [4.78, 5) is 30.9. The van der Waals surface area contributed by atoms with Crippen LogP contribution in [0.3, 0.4) is 0 Å². The number of benzene rings is 2. The Morgan fingerprint density at radius 2 is 1.48 bits per heavy atom. The molecule has 6 nitrogen and oxygen atoms in total. The van der Waals surface area contributed by atoms with Gasteiger partial charge in [-0.25, -0.2) is 8.42 Å². The molecule has 1 aliphatic heterocycles. The van der Waals surface area contributed by atoms with E-state index < -0.39 is 9.84 Å². The quantitative estimate of drug-likeness (QED) is 0.507. The number of aromatic nitrogens is 1. The van der Waals surface area contributed by atoms with Crippen LogP contribution < -0.4 is 0 Å². The second-order valence-corrected chi connectivity index (χ2v) is 10.2. The summed E-state index contributed by atoms with van der Waals surface area (Å²) >= 11 is 0. The number of pyridine rings is 1. The van der Waals surface area contributed by atoms with Gasteiger partial charge in [0.2, 0.25) is 9.84 Å². The standard InChI is InChI=1S/C26H26N2O4S/c29-23(10-5-21-4-3-15-27-19-21)18-20-6-11-24(12-7-20)33(31,32)25-13-8-22(9-14-25)26(30)28-16-1-2-17-28/h3-4,6-9,11-15,19H,1-2,5,10,16-18H2. The SMILES string of the molecule is O=C(CCc1cccnc1)Cc1ccc(S(=O)(=O)c2ccc(C(=O)N3CCCC3)cc2)cc1. The highest BCUT2D eigenvalue weighted by Gasteiger charge is 2.22. The molecule has 0 spiro atoms. The van der Waals surface area contributed by atoms with Crippen molar-refractivity contribution in [2.75, 3.05) is 13.1 Å².